The molecule has 9 heteroatoms. The largest absolute Gasteiger partial charge is 0.495 e. The number of nitrogens with zero attached hydrogens (tertiary/aromatic N) is 6. The predicted octanol–water partition coefficient (Wildman–Crippen LogP) is 4.05. The van der Waals surface area contributed by atoms with Crippen LogP contribution in [0.5, 0.6) is 5.75 Å². The first-order valence-electron chi connectivity index (χ1n) is 13.7. The molecule has 1 N–H and O–H groups in total. The Morgan fingerprint density at radius 2 is 1.70 bits per heavy atom. The van der Waals surface area contributed by atoms with Crippen LogP contribution in [0, 0.1) is 0 Å². The third-order valence-electron chi connectivity index (χ3n) is 7.72. The van der Waals surface area contributed by atoms with Crippen LogP contribution in [0.3, 0.4) is 0 Å². The summed E-state index contributed by atoms with van der Waals surface area (Å²) in [5.74, 6) is 1.52. The van der Waals surface area contributed by atoms with Gasteiger partial charge < -0.3 is 14.6 Å². The van der Waals surface area contributed by atoms with Gasteiger partial charge in [0.15, 0.2) is 5.82 Å². The molecule has 3 aromatic carbocycles. The van der Waals surface area contributed by atoms with Crippen LogP contribution < -0.4 is 15.2 Å². The van der Waals surface area contributed by atoms with Gasteiger partial charge in [-0.25, -0.2) is 4.68 Å². The lowest BCUT2D eigenvalue weighted by Gasteiger charge is -2.40. The molecule has 0 saturated carbocycles. The van der Waals surface area contributed by atoms with Crippen LogP contribution in [0.2, 0.25) is 0 Å². The summed E-state index contributed by atoms with van der Waals surface area (Å²) in [5.41, 5.74) is 4.75. The van der Waals surface area contributed by atoms with E-state index in [1.54, 1.807) is 7.11 Å². The van der Waals surface area contributed by atoms with Crippen LogP contribution in [0.15, 0.2) is 83.7 Å². The first kappa shape index (κ1) is 25.8. The minimum atomic E-state index is -0.406. The predicted molar refractivity (Wildman–Crippen MR) is 156 cm³/mol. The summed E-state index contributed by atoms with van der Waals surface area (Å²) in [6.45, 7) is 5.67. The molecule has 6 rings (SSSR count). The third-order valence-corrected chi connectivity index (χ3v) is 7.72. The maximum Gasteiger partial charge on any atom is 0.253 e. The molecule has 3 heterocycles. The van der Waals surface area contributed by atoms with Gasteiger partial charge >= 0.3 is 0 Å². The number of methoxy groups -OCH3 is 1. The van der Waals surface area contributed by atoms with Crippen LogP contribution in [-0.2, 0) is 13.0 Å². The molecule has 2 aromatic heterocycles. The number of H-pyrrole nitrogens is 1. The number of ether oxygens (including phenoxy) is 1. The van der Waals surface area contributed by atoms with E-state index < -0.39 is 6.04 Å². The standard InChI is InChI=1S/C31H33N7O2/c1-3-22-13-14-26-24(19-22)20-25(31(39)32-26)29(30-33-34-35-38(30)21-23-9-5-4-6-10-23)37-17-15-36(16-18-37)27-11-7-8-12-28(27)40-2/h4-14,19-20,29H,3,15-18,21H2,1-2H3,(H,32,39)/t29-/m0/s1. The van der Waals surface area contributed by atoms with E-state index in [9.17, 15) is 4.79 Å². The van der Waals surface area contributed by atoms with Crippen molar-refractivity contribution in [2.24, 2.45) is 0 Å². The van der Waals surface area contributed by atoms with Crippen LogP contribution in [0.4, 0.5) is 5.69 Å². The van der Waals surface area contributed by atoms with Crippen molar-refractivity contribution in [2.75, 3.05) is 38.2 Å². The normalized spacial score (nSPS) is 14.9. The molecule has 0 unspecified atom stereocenters. The van der Waals surface area contributed by atoms with Gasteiger partial charge in [0.2, 0.25) is 0 Å². The summed E-state index contributed by atoms with van der Waals surface area (Å²) in [6.07, 6.45) is 0.925. The summed E-state index contributed by atoms with van der Waals surface area (Å²) >= 11 is 0. The van der Waals surface area contributed by atoms with Crippen LogP contribution in [0.1, 0.15) is 35.5 Å². The average Bonchev–Trinajstić information content (AvgIpc) is 3.45. The fourth-order valence-electron chi connectivity index (χ4n) is 5.58. The summed E-state index contributed by atoms with van der Waals surface area (Å²) in [6, 6.07) is 26.0. The Hall–Kier alpha value is -4.50. The van der Waals surface area contributed by atoms with Crippen molar-refractivity contribution in [3.05, 3.63) is 112 Å². The highest BCUT2D eigenvalue weighted by molar-refractivity contribution is 5.80. The number of aromatic nitrogens is 5. The summed E-state index contributed by atoms with van der Waals surface area (Å²) in [7, 11) is 1.70. The highest BCUT2D eigenvalue weighted by Crippen LogP contribution is 2.32. The molecule has 1 saturated heterocycles. The topological polar surface area (TPSA) is 92.2 Å². The number of tetrazole rings is 1. The van der Waals surface area contributed by atoms with Crippen molar-refractivity contribution >= 4 is 16.6 Å². The van der Waals surface area contributed by atoms with Gasteiger partial charge in [-0.05, 0) is 63.7 Å². The first-order chi connectivity index (χ1) is 19.6. The summed E-state index contributed by atoms with van der Waals surface area (Å²) in [4.78, 5) is 21.4. The second-order valence-corrected chi connectivity index (χ2v) is 10.1. The maximum atomic E-state index is 13.6. The third kappa shape index (κ3) is 5.08. The summed E-state index contributed by atoms with van der Waals surface area (Å²) in [5, 5.41) is 13.9. The molecule has 1 aliphatic heterocycles. The first-order valence-corrected chi connectivity index (χ1v) is 13.7. The van der Waals surface area contributed by atoms with E-state index in [-0.39, 0.29) is 5.56 Å². The molecule has 1 fully saturated rings. The number of pyridine rings is 1. The minimum Gasteiger partial charge on any atom is -0.495 e. The Morgan fingerprint density at radius 1 is 0.925 bits per heavy atom. The van der Waals surface area contributed by atoms with E-state index in [0.29, 0.717) is 17.9 Å². The number of fused-ring (bicyclic) bond motifs is 1. The van der Waals surface area contributed by atoms with Crippen molar-refractivity contribution in [1.29, 1.82) is 0 Å². The molecule has 1 aliphatic rings. The molecule has 5 aromatic rings. The molecular weight excluding hydrogens is 502 g/mol. The monoisotopic (exact) mass is 535 g/mol. The van der Waals surface area contributed by atoms with E-state index in [1.165, 1.54) is 5.56 Å². The highest BCUT2D eigenvalue weighted by atomic mass is 16.5. The Balaban J connectivity index is 1.39. The van der Waals surface area contributed by atoms with Gasteiger partial charge in [0.1, 0.15) is 11.8 Å². The van der Waals surface area contributed by atoms with Crippen molar-refractivity contribution in [1.82, 2.24) is 30.1 Å². The van der Waals surface area contributed by atoms with Gasteiger partial charge in [0, 0.05) is 37.3 Å². The van der Waals surface area contributed by atoms with Crippen LogP contribution in [-0.4, -0.2) is 63.4 Å². The van der Waals surface area contributed by atoms with E-state index in [1.807, 2.05) is 53.2 Å². The second-order valence-electron chi connectivity index (χ2n) is 10.1. The lowest BCUT2D eigenvalue weighted by molar-refractivity contribution is 0.200. The van der Waals surface area contributed by atoms with E-state index in [2.05, 4.69) is 67.6 Å². The number of nitrogens with one attached hydrogen (secondary N) is 1. The quantitative estimate of drug-likeness (QED) is 0.321. The Morgan fingerprint density at radius 3 is 2.48 bits per heavy atom. The molecule has 1 atom stereocenters. The summed E-state index contributed by atoms with van der Waals surface area (Å²) < 4.78 is 7.44. The zero-order chi connectivity index (χ0) is 27.5. The maximum absolute atomic E-state index is 13.6. The number of hydrogen-bond acceptors (Lipinski definition) is 7. The lowest BCUT2D eigenvalue weighted by Crippen LogP contribution is -2.49. The number of piperazine rings is 1. The molecule has 204 valence electrons. The number of hydrogen-bond donors (Lipinski definition) is 1. The van der Waals surface area contributed by atoms with Gasteiger partial charge in [-0.15, -0.1) is 5.10 Å². The average molecular weight is 536 g/mol. The van der Waals surface area contributed by atoms with Crippen molar-refractivity contribution in [3.8, 4) is 5.75 Å². The number of aryl methyl sites for hydroxylation is 1. The molecule has 0 amide bonds. The Bertz CT molecular complexity index is 1660. The Labute approximate surface area is 233 Å². The van der Waals surface area contributed by atoms with Gasteiger partial charge in [0.25, 0.3) is 5.56 Å². The van der Waals surface area contributed by atoms with Gasteiger partial charge in [0.05, 0.1) is 19.3 Å². The fourth-order valence-corrected chi connectivity index (χ4v) is 5.58. The van der Waals surface area contributed by atoms with Crippen LogP contribution >= 0.6 is 0 Å². The van der Waals surface area contributed by atoms with Gasteiger partial charge in [-0.1, -0.05) is 55.5 Å². The molecule has 0 spiro atoms. The molecular formula is C31H33N7O2. The number of benzene rings is 3. The van der Waals surface area contributed by atoms with Gasteiger partial charge in [-0.3, -0.25) is 9.69 Å². The number of rotatable bonds is 8. The smallest absolute Gasteiger partial charge is 0.253 e. The minimum absolute atomic E-state index is 0.122. The highest BCUT2D eigenvalue weighted by Gasteiger charge is 2.33. The number of anilines is 1. The zero-order valence-electron chi connectivity index (χ0n) is 22.8. The molecule has 0 radical (unpaired) electrons. The van der Waals surface area contributed by atoms with Gasteiger partial charge in [-0.2, -0.15) is 0 Å². The lowest BCUT2D eigenvalue weighted by atomic mass is 10.0. The SMILES string of the molecule is CCc1ccc2[nH]c(=O)c([C@@H](c3nnnn3Cc3ccccc3)N3CCN(c4ccccc4OC)CC3)cc2c1. The van der Waals surface area contributed by atoms with E-state index in [4.69, 9.17) is 4.74 Å². The fraction of sp³-hybridized carbons (Fsp3) is 0.290. The van der Waals surface area contributed by atoms with Crippen molar-refractivity contribution in [3.63, 3.8) is 0 Å². The van der Waals surface area contributed by atoms with Crippen molar-refractivity contribution in [2.45, 2.75) is 25.9 Å². The molecule has 0 bridgehead atoms. The number of aromatic amines is 1. The molecule has 40 heavy (non-hydrogen) atoms. The number of para-hydroxylation sites is 2. The Kier molecular flexibility index (Phi) is 7.29. The second kappa shape index (κ2) is 11.3. The van der Waals surface area contributed by atoms with E-state index in [0.717, 1.165) is 60.5 Å². The molecule has 0 aliphatic carbocycles. The molecule has 9 nitrogen and oxygen atoms in total. The van der Waals surface area contributed by atoms with Crippen LogP contribution in [0.25, 0.3) is 10.9 Å². The zero-order valence-corrected chi connectivity index (χ0v) is 22.8. The van der Waals surface area contributed by atoms with Crippen molar-refractivity contribution < 1.29 is 4.74 Å². The van der Waals surface area contributed by atoms with E-state index >= 15 is 0 Å².